The average Bonchev–Trinajstić information content (AvgIpc) is 3.11. The zero-order valence-electron chi connectivity index (χ0n) is 11.1. The third kappa shape index (κ3) is 3.94. The minimum Gasteiger partial charge on any atom is -0.353 e. The Hall–Kier alpha value is -1.12. The van der Waals surface area contributed by atoms with Crippen molar-refractivity contribution in [3.63, 3.8) is 0 Å². The number of carbonyl (C=O) groups excluding carboxylic acids is 1. The van der Waals surface area contributed by atoms with Crippen molar-refractivity contribution in [3.05, 3.63) is 11.5 Å². The summed E-state index contributed by atoms with van der Waals surface area (Å²) in [4.78, 5) is 15.2. The molecule has 0 bridgehead atoms. The van der Waals surface area contributed by atoms with Crippen molar-refractivity contribution in [3.8, 4) is 0 Å². The summed E-state index contributed by atoms with van der Waals surface area (Å²) in [5, 5.41) is 2.71. The normalized spacial score (nSPS) is 15.3. The molecule has 1 fully saturated rings. The van der Waals surface area contributed by atoms with Crippen LogP contribution in [0.2, 0.25) is 5.15 Å². The van der Waals surface area contributed by atoms with Gasteiger partial charge in [0.25, 0.3) is 10.0 Å². The number of nitrogens with one attached hydrogen (secondary N) is 2. The summed E-state index contributed by atoms with van der Waals surface area (Å²) in [5.41, 5.74) is 0. The van der Waals surface area contributed by atoms with E-state index in [9.17, 15) is 13.2 Å². The van der Waals surface area contributed by atoms with E-state index in [2.05, 4.69) is 15.0 Å². The van der Waals surface area contributed by atoms with Crippen LogP contribution >= 0.6 is 11.6 Å². The maximum atomic E-state index is 11.9. The van der Waals surface area contributed by atoms with Gasteiger partial charge in [-0.25, -0.2) is 18.1 Å². The van der Waals surface area contributed by atoms with Gasteiger partial charge in [0.2, 0.25) is 10.9 Å². The third-order valence-electron chi connectivity index (χ3n) is 2.90. The Morgan fingerprint density at radius 1 is 1.55 bits per heavy atom. The first kappa shape index (κ1) is 15.3. The number of aryl methyl sites for hydroxylation is 1. The highest BCUT2D eigenvalue weighted by molar-refractivity contribution is 7.89. The summed E-state index contributed by atoms with van der Waals surface area (Å²) >= 11 is 5.84. The highest BCUT2D eigenvalue weighted by Crippen LogP contribution is 2.19. The molecule has 1 aliphatic rings. The van der Waals surface area contributed by atoms with Gasteiger partial charge in [0, 0.05) is 26.1 Å². The zero-order valence-corrected chi connectivity index (χ0v) is 12.7. The van der Waals surface area contributed by atoms with E-state index in [1.54, 1.807) is 7.05 Å². The summed E-state index contributed by atoms with van der Waals surface area (Å²) in [6, 6.07) is 0.325. The van der Waals surface area contributed by atoms with Gasteiger partial charge in [-0.2, -0.15) is 0 Å². The molecule has 20 heavy (non-hydrogen) atoms. The topological polar surface area (TPSA) is 93.1 Å². The number of nitrogens with zero attached hydrogens (tertiary/aromatic N) is 2. The SMILES string of the molecule is Cn1cnc(S(=O)(=O)NCCCC(=O)NC2CC2)c1Cl. The van der Waals surface area contributed by atoms with Crippen LogP contribution in [0.3, 0.4) is 0 Å². The van der Waals surface area contributed by atoms with E-state index in [4.69, 9.17) is 11.6 Å². The fraction of sp³-hybridized carbons (Fsp3) is 0.636. The predicted octanol–water partition coefficient (Wildman–Crippen LogP) is 0.411. The van der Waals surface area contributed by atoms with Gasteiger partial charge in [0.1, 0.15) is 5.15 Å². The average molecular weight is 321 g/mol. The number of aromatic nitrogens is 2. The fourth-order valence-electron chi connectivity index (χ4n) is 1.63. The molecule has 2 N–H and O–H groups in total. The van der Waals surface area contributed by atoms with Crippen LogP contribution in [0, 0.1) is 0 Å². The van der Waals surface area contributed by atoms with E-state index >= 15 is 0 Å². The fourth-order valence-corrected chi connectivity index (χ4v) is 3.12. The van der Waals surface area contributed by atoms with Crippen molar-refractivity contribution in [2.75, 3.05) is 6.54 Å². The van der Waals surface area contributed by atoms with Gasteiger partial charge in [-0.3, -0.25) is 4.79 Å². The molecular weight excluding hydrogens is 304 g/mol. The standard InChI is InChI=1S/C11H17ClN4O3S/c1-16-7-13-11(10(16)12)20(18,19)14-6-2-3-9(17)15-8-4-5-8/h7-8,14H,2-6H2,1H3,(H,15,17). The summed E-state index contributed by atoms with van der Waals surface area (Å²) in [6.45, 7) is 0.174. The predicted molar refractivity (Wildman–Crippen MR) is 73.8 cm³/mol. The van der Waals surface area contributed by atoms with Crippen molar-refractivity contribution in [1.29, 1.82) is 0 Å². The van der Waals surface area contributed by atoms with Gasteiger partial charge < -0.3 is 9.88 Å². The Balaban J connectivity index is 1.77. The summed E-state index contributed by atoms with van der Waals surface area (Å²) in [6.07, 6.45) is 4.14. The first-order valence-corrected chi connectivity index (χ1v) is 8.22. The monoisotopic (exact) mass is 320 g/mol. The van der Waals surface area contributed by atoms with Crippen LogP contribution in [0.1, 0.15) is 25.7 Å². The van der Waals surface area contributed by atoms with Crippen molar-refractivity contribution in [2.45, 2.75) is 36.8 Å². The van der Waals surface area contributed by atoms with Crippen LogP contribution in [0.5, 0.6) is 0 Å². The molecule has 7 nitrogen and oxygen atoms in total. The Kier molecular flexibility index (Phi) is 4.66. The molecule has 0 aromatic carbocycles. The second-order valence-electron chi connectivity index (χ2n) is 4.79. The number of sulfonamides is 1. The van der Waals surface area contributed by atoms with Crippen molar-refractivity contribution >= 4 is 27.5 Å². The molecule has 1 aromatic rings. The number of rotatable bonds is 7. The molecule has 2 rings (SSSR count). The van der Waals surface area contributed by atoms with E-state index in [0.29, 0.717) is 18.9 Å². The summed E-state index contributed by atoms with van der Waals surface area (Å²) < 4.78 is 27.7. The molecule has 1 saturated carbocycles. The number of hydrogen-bond donors (Lipinski definition) is 2. The van der Waals surface area contributed by atoms with Crippen LogP contribution in [0.15, 0.2) is 11.4 Å². The smallest absolute Gasteiger partial charge is 0.261 e. The van der Waals surface area contributed by atoms with E-state index in [0.717, 1.165) is 12.8 Å². The van der Waals surface area contributed by atoms with Crippen LogP contribution in [0.25, 0.3) is 0 Å². The van der Waals surface area contributed by atoms with E-state index in [-0.39, 0.29) is 22.6 Å². The quantitative estimate of drug-likeness (QED) is 0.712. The van der Waals surface area contributed by atoms with Gasteiger partial charge in [-0.05, 0) is 19.3 Å². The number of carbonyl (C=O) groups is 1. The van der Waals surface area contributed by atoms with Crippen molar-refractivity contribution < 1.29 is 13.2 Å². The maximum absolute atomic E-state index is 11.9. The second-order valence-corrected chi connectivity index (χ2v) is 6.83. The molecule has 1 aromatic heterocycles. The van der Waals surface area contributed by atoms with Gasteiger partial charge in [0.05, 0.1) is 6.33 Å². The summed E-state index contributed by atoms with van der Waals surface area (Å²) in [7, 11) is -2.12. The molecule has 1 heterocycles. The Morgan fingerprint density at radius 3 is 2.80 bits per heavy atom. The molecule has 0 unspecified atom stereocenters. The van der Waals surface area contributed by atoms with E-state index in [1.165, 1.54) is 10.9 Å². The van der Waals surface area contributed by atoms with Crippen LogP contribution in [0.4, 0.5) is 0 Å². The van der Waals surface area contributed by atoms with Crippen LogP contribution in [-0.2, 0) is 21.9 Å². The Morgan fingerprint density at radius 2 is 2.25 bits per heavy atom. The van der Waals surface area contributed by atoms with E-state index in [1.807, 2.05) is 0 Å². The summed E-state index contributed by atoms with van der Waals surface area (Å²) in [5.74, 6) is -0.0393. The third-order valence-corrected chi connectivity index (χ3v) is 4.85. The lowest BCUT2D eigenvalue weighted by molar-refractivity contribution is -0.121. The number of halogens is 1. The van der Waals surface area contributed by atoms with Crippen molar-refractivity contribution in [2.24, 2.45) is 7.05 Å². The largest absolute Gasteiger partial charge is 0.353 e. The molecule has 1 amide bonds. The second kappa shape index (κ2) is 6.11. The van der Waals surface area contributed by atoms with Crippen LogP contribution < -0.4 is 10.0 Å². The number of imidazole rings is 1. The van der Waals surface area contributed by atoms with Gasteiger partial charge in [-0.15, -0.1) is 0 Å². The minimum atomic E-state index is -3.72. The zero-order chi connectivity index (χ0) is 14.8. The maximum Gasteiger partial charge on any atom is 0.261 e. The lowest BCUT2D eigenvalue weighted by Gasteiger charge is -2.05. The minimum absolute atomic E-state index is 0.0393. The highest BCUT2D eigenvalue weighted by Gasteiger charge is 2.24. The van der Waals surface area contributed by atoms with E-state index < -0.39 is 10.0 Å². The molecule has 0 spiro atoms. The van der Waals surface area contributed by atoms with Crippen molar-refractivity contribution in [1.82, 2.24) is 19.6 Å². The number of hydrogen-bond acceptors (Lipinski definition) is 4. The van der Waals surface area contributed by atoms with Crippen LogP contribution in [-0.4, -0.2) is 36.5 Å². The lowest BCUT2D eigenvalue weighted by atomic mass is 10.3. The molecule has 0 aliphatic heterocycles. The lowest BCUT2D eigenvalue weighted by Crippen LogP contribution is -2.28. The Bertz CT molecular complexity index is 595. The number of amides is 1. The molecule has 0 radical (unpaired) electrons. The highest BCUT2D eigenvalue weighted by atomic mass is 35.5. The molecule has 112 valence electrons. The van der Waals surface area contributed by atoms with Gasteiger partial charge in [0.15, 0.2) is 0 Å². The molecule has 0 saturated heterocycles. The first-order valence-electron chi connectivity index (χ1n) is 6.36. The molecule has 0 atom stereocenters. The van der Waals surface area contributed by atoms with Gasteiger partial charge >= 0.3 is 0 Å². The molecular formula is C11H17ClN4O3S. The van der Waals surface area contributed by atoms with Gasteiger partial charge in [-0.1, -0.05) is 11.6 Å². The molecule has 1 aliphatic carbocycles. The molecule has 9 heteroatoms. The first-order chi connectivity index (χ1) is 9.40. The Labute approximate surface area is 122 Å².